The third kappa shape index (κ3) is 2.97. The van der Waals surface area contributed by atoms with Gasteiger partial charge in [0.2, 0.25) is 0 Å². The summed E-state index contributed by atoms with van der Waals surface area (Å²) in [6.45, 7) is 2.16. The zero-order chi connectivity index (χ0) is 13.1. The van der Waals surface area contributed by atoms with E-state index in [1.165, 1.54) is 12.8 Å². The molecule has 1 unspecified atom stereocenters. The average molecular weight is 269 g/mol. The molecule has 1 saturated heterocycles. The van der Waals surface area contributed by atoms with Crippen LogP contribution < -0.4 is 4.90 Å². The van der Waals surface area contributed by atoms with Gasteiger partial charge in [-0.25, -0.2) is 0 Å². The summed E-state index contributed by atoms with van der Waals surface area (Å²) in [6, 6.07) is 6.38. The second kappa shape index (κ2) is 5.91. The quantitative estimate of drug-likeness (QED) is 0.908. The van der Waals surface area contributed by atoms with Crippen LogP contribution in [0.1, 0.15) is 18.4 Å². The van der Waals surface area contributed by atoms with Gasteiger partial charge in [-0.2, -0.15) is 0 Å². The van der Waals surface area contributed by atoms with E-state index in [4.69, 9.17) is 16.7 Å². The van der Waals surface area contributed by atoms with Crippen LogP contribution in [0.5, 0.6) is 0 Å². The molecule has 0 aromatic heterocycles. The Bertz CT molecular complexity index is 409. The smallest absolute Gasteiger partial charge is 0.0682 e. The highest BCUT2D eigenvalue weighted by Crippen LogP contribution is 2.32. The first-order valence-corrected chi connectivity index (χ1v) is 6.80. The van der Waals surface area contributed by atoms with Crippen LogP contribution >= 0.6 is 11.6 Å². The minimum Gasteiger partial charge on any atom is -0.392 e. The van der Waals surface area contributed by atoms with Gasteiger partial charge in [0.15, 0.2) is 0 Å². The van der Waals surface area contributed by atoms with Gasteiger partial charge in [0.1, 0.15) is 0 Å². The maximum atomic E-state index is 9.11. The Hall–Kier alpha value is -0.770. The molecule has 0 saturated carbocycles. The normalized spacial score (nSPS) is 19.8. The number of halogens is 1. The fourth-order valence-corrected chi connectivity index (χ4v) is 2.96. The highest BCUT2D eigenvalue weighted by atomic mass is 35.5. The van der Waals surface area contributed by atoms with Gasteiger partial charge < -0.3 is 14.9 Å². The fourth-order valence-electron chi connectivity index (χ4n) is 2.65. The molecule has 1 aliphatic rings. The molecule has 1 aromatic rings. The zero-order valence-corrected chi connectivity index (χ0v) is 11.8. The van der Waals surface area contributed by atoms with Gasteiger partial charge >= 0.3 is 0 Å². The summed E-state index contributed by atoms with van der Waals surface area (Å²) in [5.41, 5.74) is 1.96. The summed E-state index contributed by atoms with van der Waals surface area (Å²) in [5, 5.41) is 9.85. The maximum Gasteiger partial charge on any atom is 0.0682 e. The molecule has 1 atom stereocenters. The van der Waals surface area contributed by atoms with E-state index in [0.717, 1.165) is 29.4 Å². The highest BCUT2D eigenvalue weighted by Gasteiger charge is 2.26. The second-order valence-electron chi connectivity index (χ2n) is 5.20. The Morgan fingerprint density at radius 3 is 2.83 bits per heavy atom. The topological polar surface area (TPSA) is 26.7 Å². The van der Waals surface area contributed by atoms with Crippen molar-refractivity contribution >= 4 is 17.3 Å². The molecule has 0 bridgehead atoms. The van der Waals surface area contributed by atoms with Gasteiger partial charge in [0, 0.05) is 19.1 Å². The molecule has 0 aliphatic carbocycles. The molecule has 18 heavy (non-hydrogen) atoms. The fraction of sp³-hybridized carbons (Fsp3) is 0.571. The number of rotatable bonds is 4. The number of aliphatic hydroxyl groups is 1. The third-order valence-corrected chi connectivity index (χ3v) is 3.76. The van der Waals surface area contributed by atoms with Crippen molar-refractivity contribution in [3.63, 3.8) is 0 Å². The lowest BCUT2D eigenvalue weighted by Crippen LogP contribution is -2.37. The number of anilines is 1. The first kappa shape index (κ1) is 13.7. The Morgan fingerprint density at radius 1 is 1.44 bits per heavy atom. The van der Waals surface area contributed by atoms with Crippen LogP contribution in [0.4, 0.5) is 5.69 Å². The summed E-state index contributed by atoms with van der Waals surface area (Å²) in [5.74, 6) is 0. The first-order chi connectivity index (χ1) is 8.61. The van der Waals surface area contributed by atoms with Crippen LogP contribution in [-0.4, -0.2) is 43.2 Å². The van der Waals surface area contributed by atoms with Crippen molar-refractivity contribution in [2.75, 3.05) is 32.1 Å². The lowest BCUT2D eigenvalue weighted by molar-refractivity contribution is 0.282. The molecule has 1 fully saturated rings. The van der Waals surface area contributed by atoms with E-state index in [0.29, 0.717) is 6.04 Å². The van der Waals surface area contributed by atoms with Gasteiger partial charge in [-0.3, -0.25) is 0 Å². The Labute approximate surface area is 114 Å². The van der Waals surface area contributed by atoms with Gasteiger partial charge in [0.25, 0.3) is 0 Å². The lowest BCUT2D eigenvalue weighted by Gasteiger charge is -2.29. The Morgan fingerprint density at radius 2 is 2.22 bits per heavy atom. The van der Waals surface area contributed by atoms with Crippen molar-refractivity contribution in [3.8, 4) is 0 Å². The number of hydrogen-bond acceptors (Lipinski definition) is 3. The van der Waals surface area contributed by atoms with Crippen molar-refractivity contribution in [2.24, 2.45) is 0 Å². The molecule has 2 rings (SSSR count). The van der Waals surface area contributed by atoms with Gasteiger partial charge in [-0.15, -0.1) is 0 Å². The number of benzene rings is 1. The monoisotopic (exact) mass is 268 g/mol. The molecular weight excluding hydrogens is 248 g/mol. The van der Waals surface area contributed by atoms with Crippen LogP contribution in [0.2, 0.25) is 5.02 Å². The van der Waals surface area contributed by atoms with E-state index in [1.54, 1.807) is 0 Å². The summed E-state index contributed by atoms with van der Waals surface area (Å²) in [6.07, 6.45) is 2.44. The summed E-state index contributed by atoms with van der Waals surface area (Å²) in [7, 11) is 4.21. The van der Waals surface area contributed by atoms with Crippen molar-refractivity contribution < 1.29 is 5.11 Å². The highest BCUT2D eigenvalue weighted by molar-refractivity contribution is 6.33. The van der Waals surface area contributed by atoms with Gasteiger partial charge in [0.05, 0.1) is 17.3 Å². The maximum absolute atomic E-state index is 9.11. The van der Waals surface area contributed by atoms with Crippen molar-refractivity contribution in [1.82, 2.24) is 4.90 Å². The van der Waals surface area contributed by atoms with Gasteiger partial charge in [-0.1, -0.05) is 17.7 Å². The van der Waals surface area contributed by atoms with E-state index >= 15 is 0 Å². The minimum atomic E-state index is 0.0428. The van der Waals surface area contributed by atoms with Crippen LogP contribution in [0.25, 0.3) is 0 Å². The molecule has 100 valence electrons. The number of aliphatic hydroxyl groups excluding tert-OH is 1. The molecule has 1 aromatic carbocycles. The average Bonchev–Trinajstić information content (AvgIpc) is 2.76. The molecule has 3 nitrogen and oxygen atoms in total. The predicted molar refractivity (Wildman–Crippen MR) is 76.3 cm³/mol. The molecule has 1 heterocycles. The molecule has 0 radical (unpaired) electrons. The Balaban J connectivity index is 2.19. The number of hydrogen-bond donors (Lipinski definition) is 1. The third-order valence-electron chi connectivity index (χ3n) is 3.46. The molecule has 4 heteroatoms. The minimum absolute atomic E-state index is 0.0428. The summed E-state index contributed by atoms with van der Waals surface area (Å²) in [4.78, 5) is 4.61. The molecular formula is C14H21ClN2O. The van der Waals surface area contributed by atoms with E-state index in [1.807, 2.05) is 18.2 Å². The first-order valence-electron chi connectivity index (χ1n) is 6.42. The standard InChI is InChI=1S/C14H21ClN2O/c1-16(2)9-12-4-3-7-17(12)14-6-5-11(10-18)8-13(14)15/h5-6,8,12,18H,3-4,7,9-10H2,1-2H3. The van der Waals surface area contributed by atoms with Crippen molar-refractivity contribution in [1.29, 1.82) is 0 Å². The second-order valence-corrected chi connectivity index (χ2v) is 5.60. The summed E-state index contributed by atoms with van der Waals surface area (Å²) < 4.78 is 0. The SMILES string of the molecule is CN(C)CC1CCCN1c1ccc(CO)cc1Cl. The van der Waals surface area contributed by atoms with E-state index in [-0.39, 0.29) is 6.61 Å². The van der Waals surface area contributed by atoms with Crippen molar-refractivity contribution in [3.05, 3.63) is 28.8 Å². The number of likely N-dealkylation sites (N-methyl/N-ethyl adjacent to an activating group) is 1. The van der Waals surface area contributed by atoms with E-state index in [9.17, 15) is 0 Å². The molecule has 1 N–H and O–H groups in total. The summed E-state index contributed by atoms with van der Waals surface area (Å²) >= 11 is 6.32. The molecule has 1 aliphatic heterocycles. The van der Waals surface area contributed by atoms with Crippen LogP contribution in [0.15, 0.2) is 18.2 Å². The van der Waals surface area contributed by atoms with Crippen molar-refractivity contribution in [2.45, 2.75) is 25.5 Å². The largest absolute Gasteiger partial charge is 0.392 e. The van der Waals surface area contributed by atoms with E-state index < -0.39 is 0 Å². The van der Waals surface area contributed by atoms with Crippen LogP contribution in [0, 0.1) is 0 Å². The van der Waals surface area contributed by atoms with Crippen LogP contribution in [-0.2, 0) is 6.61 Å². The Kier molecular flexibility index (Phi) is 4.49. The van der Waals surface area contributed by atoms with Crippen LogP contribution in [0.3, 0.4) is 0 Å². The number of nitrogens with zero attached hydrogens (tertiary/aromatic N) is 2. The van der Waals surface area contributed by atoms with E-state index in [2.05, 4.69) is 23.9 Å². The van der Waals surface area contributed by atoms with Gasteiger partial charge in [-0.05, 0) is 44.6 Å². The zero-order valence-electron chi connectivity index (χ0n) is 11.1. The molecule has 0 amide bonds. The molecule has 0 spiro atoms. The lowest BCUT2D eigenvalue weighted by atomic mass is 10.1. The predicted octanol–water partition coefficient (Wildman–Crippen LogP) is 2.36.